The maximum atomic E-state index is 4.30. The van der Waals surface area contributed by atoms with Gasteiger partial charge in [-0.2, -0.15) is 73.2 Å². The fourth-order valence-corrected chi connectivity index (χ4v) is 5.96. The third kappa shape index (κ3) is 11.8. The number of thioether (sulfide) groups is 3. The van der Waals surface area contributed by atoms with Crippen LogP contribution in [0, 0.1) is 0 Å². The van der Waals surface area contributed by atoms with Crippen molar-refractivity contribution in [3.05, 3.63) is 34.9 Å². The van der Waals surface area contributed by atoms with E-state index in [4.69, 9.17) is 0 Å². The molecule has 1 rings (SSSR count). The molecule has 1 aromatic carbocycles. The molecule has 0 N–H and O–H groups in total. The lowest BCUT2D eigenvalue weighted by Gasteiger charge is -2.10. The molecule has 0 heterocycles. The third-order valence-corrected chi connectivity index (χ3v) is 7.55. The molecule has 0 fully saturated rings. The number of hydrogen-bond acceptors (Lipinski definition) is 6. The van der Waals surface area contributed by atoms with Crippen LogP contribution < -0.4 is 0 Å². The molecule has 0 nitrogen and oxygen atoms in total. The summed E-state index contributed by atoms with van der Waals surface area (Å²) in [4.78, 5) is 0. The molecule has 0 saturated heterocycles. The topological polar surface area (TPSA) is 0 Å². The summed E-state index contributed by atoms with van der Waals surface area (Å²) in [5.74, 6) is 9.95. The average Bonchev–Trinajstić information content (AvgIpc) is 2.59. The minimum atomic E-state index is 0.988. The molecule has 0 aromatic heterocycles. The van der Waals surface area contributed by atoms with E-state index in [0.29, 0.717) is 0 Å². The number of rotatable bonds is 15. The van der Waals surface area contributed by atoms with E-state index >= 15 is 0 Å². The van der Waals surface area contributed by atoms with E-state index in [-0.39, 0.29) is 0 Å². The first-order valence-corrected chi connectivity index (χ1v) is 13.8. The van der Waals surface area contributed by atoms with Crippen LogP contribution in [0.2, 0.25) is 0 Å². The van der Waals surface area contributed by atoms with Crippen LogP contribution in [0.4, 0.5) is 0 Å². The summed E-state index contributed by atoms with van der Waals surface area (Å²) in [6.45, 7) is 0. The van der Waals surface area contributed by atoms with Gasteiger partial charge in [0, 0.05) is 17.3 Å². The van der Waals surface area contributed by atoms with Crippen molar-refractivity contribution in [1.82, 2.24) is 0 Å². The van der Waals surface area contributed by atoms with Crippen LogP contribution in [0.25, 0.3) is 0 Å². The monoisotopic (exact) mass is 438 g/mol. The molecule has 0 unspecified atom stereocenters. The second-order valence-corrected chi connectivity index (χ2v) is 10.2. The predicted molar refractivity (Wildman–Crippen MR) is 130 cm³/mol. The molecule has 24 heavy (non-hydrogen) atoms. The fourth-order valence-electron chi connectivity index (χ4n) is 2.16. The number of thiol groups is 3. The van der Waals surface area contributed by atoms with E-state index < -0.39 is 0 Å². The van der Waals surface area contributed by atoms with E-state index in [1.807, 2.05) is 35.3 Å². The standard InChI is InChI=1S/C18H30S6/c19-4-1-7-22-13-16-10-17(14-23-8-2-5-20)12-18(11-16)15-24-9-3-6-21/h10-12,19-21H,1-9,13-15H2. The first-order chi connectivity index (χ1) is 11.8. The van der Waals surface area contributed by atoms with Crippen LogP contribution in [0.1, 0.15) is 36.0 Å². The maximum absolute atomic E-state index is 4.30. The molecule has 1 aromatic rings. The zero-order valence-corrected chi connectivity index (χ0v) is 19.4. The second-order valence-electron chi connectivity index (χ2n) is 5.55. The fraction of sp³-hybridized carbons (Fsp3) is 0.667. The number of hydrogen-bond donors (Lipinski definition) is 3. The summed E-state index contributed by atoms with van der Waals surface area (Å²) in [6.07, 6.45) is 3.58. The van der Waals surface area contributed by atoms with Gasteiger partial charge in [-0.15, -0.1) is 0 Å². The summed E-state index contributed by atoms with van der Waals surface area (Å²) < 4.78 is 0. The molecule has 6 heteroatoms. The second kappa shape index (κ2) is 16.5. The van der Waals surface area contributed by atoms with Gasteiger partial charge in [0.1, 0.15) is 0 Å². The predicted octanol–water partition coefficient (Wildman–Crippen LogP) is 6.35. The summed E-state index contributed by atoms with van der Waals surface area (Å²) in [6, 6.07) is 7.22. The quantitative estimate of drug-likeness (QED) is 0.216. The molecule has 0 bridgehead atoms. The van der Waals surface area contributed by atoms with Gasteiger partial charge in [0.2, 0.25) is 0 Å². The van der Waals surface area contributed by atoms with E-state index in [1.54, 1.807) is 0 Å². The Balaban J connectivity index is 2.58. The summed E-state index contributed by atoms with van der Waals surface area (Å²) in [7, 11) is 0. The lowest BCUT2D eigenvalue weighted by atomic mass is 10.1. The molecule has 0 spiro atoms. The van der Waals surface area contributed by atoms with Crippen molar-refractivity contribution >= 4 is 73.2 Å². The molecule has 0 radical (unpaired) electrons. The molecule has 0 amide bonds. The maximum Gasteiger partial charge on any atom is 0.0184 e. The molecule has 0 aliphatic carbocycles. The van der Waals surface area contributed by atoms with Gasteiger partial charge in [0.05, 0.1) is 0 Å². The van der Waals surface area contributed by atoms with Crippen LogP contribution in [-0.2, 0) is 17.3 Å². The Kier molecular flexibility index (Phi) is 16.1. The molecular weight excluding hydrogens is 409 g/mol. The van der Waals surface area contributed by atoms with E-state index in [9.17, 15) is 0 Å². The Morgan fingerprint density at radius 2 is 0.833 bits per heavy atom. The molecule has 0 saturated carbocycles. The van der Waals surface area contributed by atoms with Gasteiger partial charge in [-0.25, -0.2) is 0 Å². The van der Waals surface area contributed by atoms with Crippen LogP contribution in [0.3, 0.4) is 0 Å². The molecule has 0 atom stereocenters. The third-order valence-electron chi connectivity index (χ3n) is 3.26. The van der Waals surface area contributed by atoms with Gasteiger partial charge in [-0.1, -0.05) is 18.2 Å². The average molecular weight is 439 g/mol. The number of benzene rings is 1. The Morgan fingerprint density at radius 1 is 0.542 bits per heavy atom. The van der Waals surface area contributed by atoms with Crippen molar-refractivity contribution < 1.29 is 0 Å². The summed E-state index contributed by atoms with van der Waals surface area (Å²) in [5, 5.41) is 0. The highest BCUT2D eigenvalue weighted by atomic mass is 32.2. The smallest absolute Gasteiger partial charge is 0.0184 e. The van der Waals surface area contributed by atoms with Gasteiger partial charge in [0.25, 0.3) is 0 Å². The molecular formula is C18H30S6. The van der Waals surface area contributed by atoms with Crippen molar-refractivity contribution in [2.75, 3.05) is 34.5 Å². The lowest BCUT2D eigenvalue weighted by molar-refractivity contribution is 1.12. The van der Waals surface area contributed by atoms with Crippen LogP contribution in [-0.4, -0.2) is 34.5 Å². The molecule has 0 aliphatic rings. The van der Waals surface area contributed by atoms with Crippen molar-refractivity contribution in [2.24, 2.45) is 0 Å². The van der Waals surface area contributed by atoms with Gasteiger partial charge < -0.3 is 0 Å². The van der Waals surface area contributed by atoms with Crippen molar-refractivity contribution in [2.45, 2.75) is 36.5 Å². The van der Waals surface area contributed by atoms with Crippen LogP contribution in [0.5, 0.6) is 0 Å². The van der Waals surface area contributed by atoms with E-state index in [0.717, 1.165) is 34.5 Å². The minimum absolute atomic E-state index is 0.988. The largest absolute Gasteiger partial charge is 0.179 e. The Bertz CT molecular complexity index is 350. The van der Waals surface area contributed by atoms with Crippen LogP contribution in [0.15, 0.2) is 18.2 Å². The summed E-state index contributed by atoms with van der Waals surface area (Å²) in [5.41, 5.74) is 4.45. The summed E-state index contributed by atoms with van der Waals surface area (Å²) >= 11 is 19.0. The molecule has 0 aliphatic heterocycles. The highest BCUT2D eigenvalue weighted by Crippen LogP contribution is 2.23. The SMILES string of the molecule is SCCCSCc1cc(CSCCCS)cc(CSCCCS)c1. The van der Waals surface area contributed by atoms with Crippen LogP contribution >= 0.6 is 73.2 Å². The highest BCUT2D eigenvalue weighted by Gasteiger charge is 2.03. The van der Waals surface area contributed by atoms with Gasteiger partial charge in [-0.3, -0.25) is 0 Å². The zero-order valence-electron chi connectivity index (χ0n) is 14.3. The van der Waals surface area contributed by atoms with E-state index in [2.05, 4.69) is 56.1 Å². The van der Waals surface area contributed by atoms with Crippen molar-refractivity contribution in [3.63, 3.8) is 0 Å². The highest BCUT2D eigenvalue weighted by molar-refractivity contribution is 7.99. The lowest BCUT2D eigenvalue weighted by Crippen LogP contribution is -1.94. The minimum Gasteiger partial charge on any atom is -0.179 e. The van der Waals surface area contributed by atoms with Gasteiger partial charge >= 0.3 is 0 Å². The van der Waals surface area contributed by atoms with Gasteiger partial charge in [-0.05, 0) is 70.5 Å². The van der Waals surface area contributed by atoms with Gasteiger partial charge in [0.15, 0.2) is 0 Å². The first-order valence-electron chi connectivity index (χ1n) is 8.47. The van der Waals surface area contributed by atoms with E-state index in [1.165, 1.54) is 53.2 Å². The van der Waals surface area contributed by atoms with Crippen molar-refractivity contribution in [3.8, 4) is 0 Å². The normalized spacial score (nSPS) is 11.1. The zero-order chi connectivity index (χ0) is 17.5. The Hall–Kier alpha value is 1.32. The van der Waals surface area contributed by atoms with Crippen molar-refractivity contribution in [1.29, 1.82) is 0 Å². The molecule has 138 valence electrons. The first kappa shape index (κ1) is 23.4. The Morgan fingerprint density at radius 3 is 1.08 bits per heavy atom. The Labute approximate surface area is 178 Å².